The number of hydrogen-bond donors (Lipinski definition) is 1. The fraction of sp³-hybridized carbons (Fsp3) is 0.188. The average molecular weight is 348 g/mol. The first-order valence-electron chi connectivity index (χ1n) is 6.58. The first kappa shape index (κ1) is 17.8. The Morgan fingerprint density at radius 2 is 1.33 bits per heavy atom. The molecule has 0 fully saturated rings. The Hall–Kier alpha value is -2.51. The number of aliphatic carboxylic acids is 1. The quantitative estimate of drug-likeness (QED) is 0.791. The molecule has 1 N–H and O–H groups in total. The maximum Gasteiger partial charge on any atom is 0.416 e. The van der Waals surface area contributed by atoms with Crippen LogP contribution in [0.5, 0.6) is 0 Å². The highest BCUT2D eigenvalue weighted by atomic mass is 19.4. The van der Waals surface area contributed by atoms with Crippen molar-refractivity contribution in [2.75, 3.05) is 0 Å². The minimum Gasteiger partial charge on any atom is -0.481 e. The molecule has 0 aliphatic heterocycles. The van der Waals surface area contributed by atoms with E-state index in [9.17, 15) is 31.1 Å². The second kappa shape index (κ2) is 6.18. The van der Waals surface area contributed by atoms with E-state index in [0.29, 0.717) is 6.07 Å². The van der Waals surface area contributed by atoms with Crippen molar-refractivity contribution in [1.82, 2.24) is 0 Å². The lowest BCUT2D eigenvalue weighted by Gasteiger charge is -2.14. The van der Waals surface area contributed by atoms with Gasteiger partial charge in [0.1, 0.15) is 0 Å². The standard InChI is InChI=1S/C16H10F6O2/c17-15(18,19)11-3-1-9(2-4-11)13-6-5-12(16(20,21)22)7-10(13)8-14(23)24/h1-7H,8H2,(H,23,24). The van der Waals surface area contributed by atoms with Crippen LogP contribution < -0.4 is 0 Å². The van der Waals surface area contributed by atoms with Crippen LogP contribution in [0.3, 0.4) is 0 Å². The summed E-state index contributed by atoms with van der Waals surface area (Å²) >= 11 is 0. The summed E-state index contributed by atoms with van der Waals surface area (Å²) in [5.41, 5.74) is -1.71. The predicted molar refractivity (Wildman–Crippen MR) is 73.2 cm³/mol. The van der Waals surface area contributed by atoms with Gasteiger partial charge in [-0.15, -0.1) is 0 Å². The van der Waals surface area contributed by atoms with Gasteiger partial charge in [-0.05, 0) is 41.0 Å². The molecule has 0 aliphatic carbocycles. The van der Waals surface area contributed by atoms with Crippen molar-refractivity contribution in [3.63, 3.8) is 0 Å². The molecule has 0 aromatic heterocycles. The van der Waals surface area contributed by atoms with E-state index in [1.807, 2.05) is 0 Å². The number of carbonyl (C=O) groups is 1. The van der Waals surface area contributed by atoms with Crippen LogP contribution in [0.4, 0.5) is 26.3 Å². The van der Waals surface area contributed by atoms with Gasteiger partial charge < -0.3 is 5.11 Å². The second-order valence-corrected chi connectivity index (χ2v) is 5.02. The van der Waals surface area contributed by atoms with E-state index in [1.165, 1.54) is 0 Å². The lowest BCUT2D eigenvalue weighted by atomic mass is 9.94. The van der Waals surface area contributed by atoms with Crippen molar-refractivity contribution in [3.8, 4) is 11.1 Å². The lowest BCUT2D eigenvalue weighted by molar-refractivity contribution is -0.138. The number of hydrogen-bond acceptors (Lipinski definition) is 1. The topological polar surface area (TPSA) is 37.3 Å². The number of carboxylic acids is 1. The van der Waals surface area contributed by atoms with Gasteiger partial charge in [0.2, 0.25) is 0 Å². The molecule has 0 spiro atoms. The summed E-state index contributed by atoms with van der Waals surface area (Å²) in [7, 11) is 0. The van der Waals surface area contributed by atoms with Crippen molar-refractivity contribution >= 4 is 5.97 Å². The smallest absolute Gasteiger partial charge is 0.416 e. The van der Waals surface area contributed by atoms with Crippen molar-refractivity contribution in [1.29, 1.82) is 0 Å². The highest BCUT2D eigenvalue weighted by Gasteiger charge is 2.32. The van der Waals surface area contributed by atoms with E-state index in [4.69, 9.17) is 5.11 Å². The highest BCUT2D eigenvalue weighted by Crippen LogP contribution is 2.35. The average Bonchev–Trinajstić information content (AvgIpc) is 2.45. The van der Waals surface area contributed by atoms with Gasteiger partial charge in [-0.25, -0.2) is 0 Å². The van der Waals surface area contributed by atoms with Crippen LogP contribution in [0, 0.1) is 0 Å². The number of carboxylic acid groups (broad SMARTS) is 1. The molecule has 0 saturated heterocycles. The zero-order valence-corrected chi connectivity index (χ0v) is 11.9. The zero-order chi connectivity index (χ0) is 18.1. The molecule has 0 amide bonds. The molecule has 8 heteroatoms. The van der Waals surface area contributed by atoms with Crippen LogP contribution in [-0.4, -0.2) is 11.1 Å². The number of halogens is 6. The van der Waals surface area contributed by atoms with Crippen LogP contribution in [-0.2, 0) is 23.6 Å². The van der Waals surface area contributed by atoms with E-state index < -0.39 is 35.9 Å². The number of alkyl halides is 6. The van der Waals surface area contributed by atoms with E-state index in [0.717, 1.165) is 36.4 Å². The van der Waals surface area contributed by atoms with Crippen molar-refractivity contribution < 1.29 is 36.2 Å². The van der Waals surface area contributed by atoms with Gasteiger partial charge in [-0.2, -0.15) is 26.3 Å². The van der Waals surface area contributed by atoms with Gasteiger partial charge in [-0.3, -0.25) is 4.79 Å². The molecule has 0 heterocycles. The molecule has 2 nitrogen and oxygen atoms in total. The van der Waals surface area contributed by atoms with Gasteiger partial charge in [0, 0.05) is 0 Å². The zero-order valence-electron chi connectivity index (χ0n) is 11.9. The maximum atomic E-state index is 12.8. The Labute approximate surface area is 132 Å². The van der Waals surface area contributed by atoms with Crippen molar-refractivity contribution in [2.45, 2.75) is 18.8 Å². The third kappa shape index (κ3) is 4.06. The molecule has 0 atom stereocenters. The lowest BCUT2D eigenvalue weighted by Crippen LogP contribution is -2.09. The monoisotopic (exact) mass is 348 g/mol. The Morgan fingerprint density at radius 1 is 0.833 bits per heavy atom. The van der Waals surface area contributed by atoms with E-state index in [2.05, 4.69) is 0 Å². The van der Waals surface area contributed by atoms with Gasteiger partial charge >= 0.3 is 18.3 Å². The molecular formula is C16H10F6O2. The summed E-state index contributed by atoms with van der Waals surface area (Å²) in [5.74, 6) is -1.34. The Balaban J connectivity index is 2.50. The molecule has 24 heavy (non-hydrogen) atoms. The van der Waals surface area contributed by atoms with Crippen LogP contribution in [0.2, 0.25) is 0 Å². The molecule has 2 aromatic rings. The van der Waals surface area contributed by atoms with Gasteiger partial charge in [0.15, 0.2) is 0 Å². The van der Waals surface area contributed by atoms with Crippen molar-refractivity contribution in [2.24, 2.45) is 0 Å². The summed E-state index contributed by atoms with van der Waals surface area (Å²) in [6, 6.07) is 6.28. The summed E-state index contributed by atoms with van der Waals surface area (Å²) in [6.45, 7) is 0. The number of benzene rings is 2. The minimum absolute atomic E-state index is 0.128. The van der Waals surface area contributed by atoms with E-state index in [1.54, 1.807) is 0 Å². The Bertz CT molecular complexity index is 745. The third-order valence-electron chi connectivity index (χ3n) is 3.30. The highest BCUT2D eigenvalue weighted by molar-refractivity contribution is 5.77. The Kier molecular flexibility index (Phi) is 4.59. The molecule has 0 radical (unpaired) electrons. The maximum absolute atomic E-state index is 12.8. The summed E-state index contributed by atoms with van der Waals surface area (Å²) in [6.07, 6.45) is -9.87. The minimum atomic E-state index is -4.65. The normalized spacial score (nSPS) is 12.2. The summed E-state index contributed by atoms with van der Waals surface area (Å²) < 4.78 is 75.9. The molecule has 0 aliphatic rings. The van der Waals surface area contributed by atoms with Crippen LogP contribution in [0.25, 0.3) is 11.1 Å². The molecule has 2 rings (SSSR count). The van der Waals surface area contributed by atoms with Gasteiger partial charge in [0.05, 0.1) is 17.5 Å². The molecule has 128 valence electrons. The van der Waals surface area contributed by atoms with Gasteiger partial charge in [-0.1, -0.05) is 18.2 Å². The van der Waals surface area contributed by atoms with Crippen LogP contribution in [0.15, 0.2) is 42.5 Å². The van der Waals surface area contributed by atoms with Crippen LogP contribution in [0.1, 0.15) is 16.7 Å². The first-order valence-corrected chi connectivity index (χ1v) is 6.58. The molecule has 0 saturated carbocycles. The molecule has 0 unspecified atom stereocenters. The second-order valence-electron chi connectivity index (χ2n) is 5.02. The largest absolute Gasteiger partial charge is 0.481 e. The Morgan fingerprint density at radius 3 is 1.79 bits per heavy atom. The molecule has 2 aromatic carbocycles. The summed E-state index contributed by atoms with van der Waals surface area (Å²) in [5, 5.41) is 8.85. The van der Waals surface area contributed by atoms with Crippen LogP contribution >= 0.6 is 0 Å². The molecule has 0 bridgehead atoms. The third-order valence-corrected chi connectivity index (χ3v) is 3.30. The molecular weight excluding hydrogens is 338 g/mol. The van der Waals surface area contributed by atoms with E-state index >= 15 is 0 Å². The van der Waals surface area contributed by atoms with Crippen molar-refractivity contribution in [3.05, 3.63) is 59.2 Å². The fourth-order valence-corrected chi connectivity index (χ4v) is 2.20. The van der Waals surface area contributed by atoms with E-state index in [-0.39, 0.29) is 16.7 Å². The SMILES string of the molecule is O=C(O)Cc1cc(C(F)(F)F)ccc1-c1ccc(C(F)(F)F)cc1. The number of rotatable bonds is 3. The van der Waals surface area contributed by atoms with Gasteiger partial charge in [0.25, 0.3) is 0 Å². The summed E-state index contributed by atoms with van der Waals surface area (Å²) in [4.78, 5) is 10.9. The fourth-order valence-electron chi connectivity index (χ4n) is 2.20. The first-order chi connectivity index (χ1) is 11.0. The predicted octanol–water partition coefficient (Wildman–Crippen LogP) is 5.02.